The summed E-state index contributed by atoms with van der Waals surface area (Å²) in [6, 6.07) is 3.74. The zero-order chi connectivity index (χ0) is 13.1. The third-order valence-corrected chi connectivity index (χ3v) is 3.83. The van der Waals surface area contributed by atoms with Crippen molar-refractivity contribution >= 4 is 31.9 Å². The summed E-state index contributed by atoms with van der Waals surface area (Å²) in [6.07, 6.45) is 0.379. The molecule has 17 heavy (non-hydrogen) atoms. The van der Waals surface area contributed by atoms with Crippen molar-refractivity contribution in [3.63, 3.8) is 0 Å². The average Bonchev–Trinajstić information content (AvgIpc) is 2.20. The van der Waals surface area contributed by atoms with E-state index in [-0.39, 0.29) is 11.3 Å². The molecule has 0 spiro atoms. The molecule has 0 bridgehead atoms. The SMILES string of the molecule is CCCS(=O)(=O)NC(=O)c1cc(Br)ccc1F. The lowest BCUT2D eigenvalue weighted by Crippen LogP contribution is -2.32. The van der Waals surface area contributed by atoms with E-state index >= 15 is 0 Å². The first kappa shape index (κ1) is 14.1. The van der Waals surface area contributed by atoms with Gasteiger partial charge in [-0.15, -0.1) is 0 Å². The largest absolute Gasteiger partial charge is 0.268 e. The molecule has 1 N–H and O–H groups in total. The van der Waals surface area contributed by atoms with E-state index in [1.165, 1.54) is 12.1 Å². The maximum atomic E-state index is 13.3. The number of hydrogen-bond donors (Lipinski definition) is 1. The Bertz CT molecular complexity index is 530. The van der Waals surface area contributed by atoms with Crippen molar-refractivity contribution in [2.75, 3.05) is 5.75 Å². The topological polar surface area (TPSA) is 63.2 Å². The highest BCUT2D eigenvalue weighted by Crippen LogP contribution is 2.15. The van der Waals surface area contributed by atoms with E-state index in [1.807, 2.05) is 4.72 Å². The van der Waals surface area contributed by atoms with Crippen molar-refractivity contribution in [3.8, 4) is 0 Å². The lowest BCUT2D eigenvalue weighted by Gasteiger charge is -2.06. The molecule has 0 saturated heterocycles. The monoisotopic (exact) mass is 323 g/mol. The fourth-order valence-electron chi connectivity index (χ4n) is 1.19. The van der Waals surface area contributed by atoms with E-state index in [4.69, 9.17) is 0 Å². The van der Waals surface area contributed by atoms with Gasteiger partial charge in [0.2, 0.25) is 10.0 Å². The lowest BCUT2D eigenvalue weighted by molar-refractivity contribution is 0.0977. The molecule has 0 heterocycles. The predicted molar refractivity (Wildman–Crippen MR) is 65.6 cm³/mol. The zero-order valence-corrected chi connectivity index (χ0v) is 11.4. The van der Waals surface area contributed by atoms with E-state index in [2.05, 4.69) is 15.9 Å². The van der Waals surface area contributed by atoms with Crippen LogP contribution in [0.25, 0.3) is 0 Å². The van der Waals surface area contributed by atoms with Crippen molar-refractivity contribution < 1.29 is 17.6 Å². The van der Waals surface area contributed by atoms with Crippen LogP contribution in [0.2, 0.25) is 0 Å². The van der Waals surface area contributed by atoms with Crippen LogP contribution in [-0.2, 0) is 10.0 Å². The van der Waals surface area contributed by atoms with Gasteiger partial charge in [-0.2, -0.15) is 0 Å². The fraction of sp³-hybridized carbons (Fsp3) is 0.300. The highest BCUT2D eigenvalue weighted by atomic mass is 79.9. The molecule has 1 rings (SSSR count). The van der Waals surface area contributed by atoms with E-state index in [0.717, 1.165) is 6.07 Å². The third-order valence-electron chi connectivity index (χ3n) is 1.89. The lowest BCUT2D eigenvalue weighted by atomic mass is 10.2. The number of nitrogens with one attached hydrogen (secondary N) is 1. The molecule has 0 aliphatic heterocycles. The Labute approximate surface area is 107 Å². The van der Waals surface area contributed by atoms with Crippen molar-refractivity contribution in [1.82, 2.24) is 4.72 Å². The van der Waals surface area contributed by atoms with Crippen molar-refractivity contribution in [1.29, 1.82) is 0 Å². The van der Waals surface area contributed by atoms with Crippen LogP contribution in [0.3, 0.4) is 0 Å². The van der Waals surface area contributed by atoms with Crippen LogP contribution in [0.15, 0.2) is 22.7 Å². The van der Waals surface area contributed by atoms with Gasteiger partial charge in [-0.25, -0.2) is 17.5 Å². The Morgan fingerprint density at radius 1 is 1.47 bits per heavy atom. The number of sulfonamides is 1. The van der Waals surface area contributed by atoms with Crippen LogP contribution in [0.4, 0.5) is 4.39 Å². The number of carbonyl (C=O) groups excluding carboxylic acids is 1. The Morgan fingerprint density at radius 2 is 2.12 bits per heavy atom. The van der Waals surface area contributed by atoms with Gasteiger partial charge in [0.25, 0.3) is 5.91 Å². The molecule has 94 valence electrons. The standard InChI is InChI=1S/C10H11BrFNO3S/c1-2-5-17(15,16)13-10(14)8-6-7(11)3-4-9(8)12/h3-4,6H,2,5H2,1H3,(H,13,14). The van der Waals surface area contributed by atoms with Gasteiger partial charge in [-0.05, 0) is 24.6 Å². The Hall–Kier alpha value is -0.950. The van der Waals surface area contributed by atoms with Gasteiger partial charge < -0.3 is 0 Å². The molecule has 1 amide bonds. The predicted octanol–water partition coefficient (Wildman–Crippen LogP) is 2.06. The summed E-state index contributed by atoms with van der Waals surface area (Å²) in [4.78, 5) is 11.6. The third kappa shape index (κ3) is 4.08. The zero-order valence-electron chi connectivity index (χ0n) is 9.04. The number of amides is 1. The van der Waals surface area contributed by atoms with Crippen molar-refractivity contribution in [2.45, 2.75) is 13.3 Å². The van der Waals surface area contributed by atoms with Crippen LogP contribution in [-0.4, -0.2) is 20.1 Å². The number of rotatable bonds is 4. The smallest absolute Gasteiger partial charge is 0.267 e. The maximum Gasteiger partial charge on any atom is 0.267 e. The minimum Gasteiger partial charge on any atom is -0.268 e. The average molecular weight is 324 g/mol. The quantitative estimate of drug-likeness (QED) is 0.922. The summed E-state index contributed by atoms with van der Waals surface area (Å²) in [5.41, 5.74) is -0.306. The van der Waals surface area contributed by atoms with E-state index in [0.29, 0.717) is 10.9 Å². The second kappa shape index (κ2) is 5.59. The number of carbonyl (C=O) groups is 1. The summed E-state index contributed by atoms with van der Waals surface area (Å²) in [6.45, 7) is 1.67. The van der Waals surface area contributed by atoms with Crippen LogP contribution in [0.1, 0.15) is 23.7 Å². The van der Waals surface area contributed by atoms with Crippen LogP contribution < -0.4 is 4.72 Å². The van der Waals surface area contributed by atoms with Gasteiger partial charge >= 0.3 is 0 Å². The van der Waals surface area contributed by atoms with E-state index < -0.39 is 21.7 Å². The van der Waals surface area contributed by atoms with E-state index in [1.54, 1.807) is 6.92 Å². The molecule has 0 aliphatic carbocycles. The molecule has 7 heteroatoms. The first-order chi connectivity index (χ1) is 7.85. The van der Waals surface area contributed by atoms with Gasteiger partial charge in [-0.3, -0.25) is 4.79 Å². The first-order valence-corrected chi connectivity index (χ1v) is 7.30. The molecule has 1 aromatic carbocycles. The molecular weight excluding hydrogens is 313 g/mol. The van der Waals surface area contributed by atoms with Crippen LogP contribution >= 0.6 is 15.9 Å². The van der Waals surface area contributed by atoms with Crippen molar-refractivity contribution in [3.05, 3.63) is 34.1 Å². The molecule has 0 aromatic heterocycles. The molecule has 0 fully saturated rings. The molecule has 0 atom stereocenters. The Kier molecular flexibility index (Phi) is 4.64. The highest BCUT2D eigenvalue weighted by Gasteiger charge is 2.18. The summed E-state index contributed by atoms with van der Waals surface area (Å²) < 4.78 is 38.3. The minimum atomic E-state index is -3.69. The molecule has 4 nitrogen and oxygen atoms in total. The van der Waals surface area contributed by atoms with Gasteiger partial charge in [0.1, 0.15) is 5.82 Å². The minimum absolute atomic E-state index is 0.172. The Balaban J connectivity index is 2.94. The molecule has 0 radical (unpaired) electrons. The molecule has 1 aromatic rings. The van der Waals surface area contributed by atoms with Gasteiger partial charge in [0.15, 0.2) is 0 Å². The molecular formula is C10H11BrFNO3S. The molecule has 0 unspecified atom stereocenters. The summed E-state index contributed by atoms with van der Waals surface area (Å²) in [5.74, 6) is -1.90. The Morgan fingerprint density at radius 3 is 2.71 bits per heavy atom. The number of benzene rings is 1. The van der Waals surface area contributed by atoms with Gasteiger partial charge in [0, 0.05) is 4.47 Å². The summed E-state index contributed by atoms with van der Waals surface area (Å²) >= 11 is 3.08. The first-order valence-electron chi connectivity index (χ1n) is 4.85. The number of hydrogen-bond acceptors (Lipinski definition) is 3. The maximum absolute atomic E-state index is 13.3. The summed E-state index contributed by atoms with van der Waals surface area (Å²) in [5, 5.41) is 0. The second-order valence-electron chi connectivity index (χ2n) is 3.37. The molecule has 0 saturated carbocycles. The van der Waals surface area contributed by atoms with Crippen LogP contribution in [0.5, 0.6) is 0 Å². The second-order valence-corrected chi connectivity index (χ2v) is 6.13. The van der Waals surface area contributed by atoms with Gasteiger partial charge in [0.05, 0.1) is 11.3 Å². The fourth-order valence-corrected chi connectivity index (χ4v) is 2.58. The summed E-state index contributed by atoms with van der Waals surface area (Å²) in [7, 11) is -3.69. The van der Waals surface area contributed by atoms with Gasteiger partial charge in [-0.1, -0.05) is 22.9 Å². The van der Waals surface area contributed by atoms with Crippen LogP contribution in [0, 0.1) is 5.82 Å². The van der Waals surface area contributed by atoms with Crippen molar-refractivity contribution in [2.24, 2.45) is 0 Å². The highest BCUT2D eigenvalue weighted by molar-refractivity contribution is 9.10. The normalized spacial score (nSPS) is 11.2. The van der Waals surface area contributed by atoms with E-state index in [9.17, 15) is 17.6 Å². The molecule has 0 aliphatic rings. The number of halogens is 2.